The lowest BCUT2D eigenvalue weighted by Gasteiger charge is -2.28. The third-order valence-corrected chi connectivity index (χ3v) is 2.17. The van der Waals surface area contributed by atoms with Gasteiger partial charge in [-0.05, 0) is 11.6 Å². The van der Waals surface area contributed by atoms with Gasteiger partial charge in [0.15, 0.2) is 0 Å². The maximum Gasteiger partial charge on any atom is 0.416 e. The summed E-state index contributed by atoms with van der Waals surface area (Å²) in [4.78, 5) is 0. The fourth-order valence-corrected chi connectivity index (χ4v) is 1.40. The molecule has 76 valence electrons. The Kier molecular flexibility index (Phi) is 1.94. The molecule has 1 aliphatic rings. The zero-order chi connectivity index (χ0) is 11.1. The van der Waals surface area contributed by atoms with Gasteiger partial charge in [0, 0.05) is 7.26 Å². The van der Waals surface area contributed by atoms with E-state index in [0.29, 0.717) is 0 Å². The summed E-state index contributed by atoms with van der Waals surface area (Å²) >= 11 is 0. The zero-order valence-corrected chi connectivity index (χ0v) is 7.27. The van der Waals surface area contributed by atoms with Crippen LogP contribution in [0.4, 0.5) is 13.2 Å². The van der Waals surface area contributed by atoms with E-state index in [-0.39, 0.29) is 18.8 Å². The minimum absolute atomic E-state index is 0.00347. The van der Waals surface area contributed by atoms with Crippen LogP contribution in [0.1, 0.15) is 18.4 Å². The SMILES string of the molecule is [2H]C1(c2ccccc2C(F)(F)F)COC1. The van der Waals surface area contributed by atoms with Gasteiger partial charge < -0.3 is 4.74 Å². The second kappa shape index (κ2) is 3.28. The highest BCUT2D eigenvalue weighted by Crippen LogP contribution is 2.37. The molecular formula is C10H9F3O. The van der Waals surface area contributed by atoms with Crippen LogP contribution in [0, 0.1) is 0 Å². The lowest BCUT2D eigenvalue weighted by molar-refractivity contribution is -0.139. The van der Waals surface area contributed by atoms with Gasteiger partial charge in [-0.15, -0.1) is 0 Å². The molecule has 2 rings (SSSR count). The molecule has 1 aliphatic heterocycles. The van der Waals surface area contributed by atoms with Crippen LogP contribution in [0.3, 0.4) is 0 Å². The second-order valence-electron chi connectivity index (χ2n) is 3.14. The van der Waals surface area contributed by atoms with Gasteiger partial charge in [-0.1, -0.05) is 18.2 Å². The quantitative estimate of drug-likeness (QED) is 0.681. The second-order valence-corrected chi connectivity index (χ2v) is 3.14. The van der Waals surface area contributed by atoms with Crippen LogP contribution in [-0.2, 0) is 10.9 Å². The maximum atomic E-state index is 12.6. The van der Waals surface area contributed by atoms with Crippen molar-refractivity contribution >= 4 is 0 Å². The summed E-state index contributed by atoms with van der Waals surface area (Å²) < 4.78 is 50.4. The minimum Gasteiger partial charge on any atom is -0.380 e. The minimum atomic E-state index is -4.40. The van der Waals surface area contributed by atoms with E-state index in [0.717, 1.165) is 6.07 Å². The third kappa shape index (κ3) is 1.62. The van der Waals surface area contributed by atoms with Gasteiger partial charge in [0.1, 0.15) is 0 Å². The molecule has 0 bridgehead atoms. The Balaban J connectivity index is 2.47. The highest BCUT2D eigenvalue weighted by atomic mass is 19.4. The molecule has 14 heavy (non-hydrogen) atoms. The predicted octanol–water partition coefficient (Wildman–Crippen LogP) is 2.82. The monoisotopic (exact) mass is 203 g/mol. The number of benzene rings is 1. The third-order valence-electron chi connectivity index (χ3n) is 2.17. The molecule has 0 saturated carbocycles. The molecule has 4 heteroatoms. The molecule has 0 aromatic heterocycles. The molecular weight excluding hydrogens is 193 g/mol. The van der Waals surface area contributed by atoms with Crippen LogP contribution in [0.15, 0.2) is 24.3 Å². The molecule has 1 saturated heterocycles. The molecule has 0 atom stereocenters. The molecule has 0 radical (unpaired) electrons. The van der Waals surface area contributed by atoms with E-state index in [1.54, 1.807) is 0 Å². The summed E-state index contributed by atoms with van der Waals surface area (Å²) in [5.41, 5.74) is -0.730. The Morgan fingerprint density at radius 3 is 2.43 bits per heavy atom. The smallest absolute Gasteiger partial charge is 0.380 e. The van der Waals surface area contributed by atoms with Crippen LogP contribution >= 0.6 is 0 Å². The number of alkyl halides is 3. The molecule has 0 spiro atoms. The molecule has 1 heterocycles. The molecule has 0 aliphatic carbocycles. The summed E-state index contributed by atoms with van der Waals surface area (Å²) in [5, 5.41) is 0. The van der Waals surface area contributed by atoms with Crippen molar-refractivity contribution in [3.8, 4) is 0 Å². The van der Waals surface area contributed by atoms with Crippen molar-refractivity contribution in [2.24, 2.45) is 0 Å². The first-order valence-corrected chi connectivity index (χ1v) is 4.18. The average molecular weight is 203 g/mol. The molecule has 1 aromatic rings. The fourth-order valence-electron chi connectivity index (χ4n) is 1.40. The molecule has 0 unspecified atom stereocenters. The highest BCUT2D eigenvalue weighted by molar-refractivity contribution is 5.33. The Morgan fingerprint density at radius 1 is 1.29 bits per heavy atom. The van der Waals surface area contributed by atoms with Gasteiger partial charge in [0.05, 0.1) is 18.8 Å². The van der Waals surface area contributed by atoms with Gasteiger partial charge in [-0.3, -0.25) is 0 Å². The average Bonchev–Trinajstić information content (AvgIpc) is 2.13. The predicted molar refractivity (Wildman–Crippen MR) is 45.0 cm³/mol. The van der Waals surface area contributed by atoms with Gasteiger partial charge in [-0.2, -0.15) is 13.2 Å². The summed E-state index contributed by atoms with van der Waals surface area (Å²) in [6.07, 6.45) is -4.40. The van der Waals surface area contributed by atoms with Crippen molar-refractivity contribution in [2.45, 2.75) is 12.1 Å². The van der Waals surface area contributed by atoms with Crippen LogP contribution in [0.2, 0.25) is 0 Å². The van der Waals surface area contributed by atoms with Crippen molar-refractivity contribution in [1.82, 2.24) is 0 Å². The summed E-state index contributed by atoms with van der Waals surface area (Å²) in [6, 6.07) is 5.19. The largest absolute Gasteiger partial charge is 0.416 e. The van der Waals surface area contributed by atoms with E-state index in [2.05, 4.69) is 0 Å². The van der Waals surface area contributed by atoms with E-state index in [1.807, 2.05) is 0 Å². The van der Waals surface area contributed by atoms with Crippen molar-refractivity contribution in [3.63, 3.8) is 0 Å². The van der Waals surface area contributed by atoms with E-state index < -0.39 is 17.6 Å². The van der Waals surface area contributed by atoms with Crippen molar-refractivity contribution in [3.05, 3.63) is 35.4 Å². The van der Waals surface area contributed by atoms with Gasteiger partial charge in [0.25, 0.3) is 0 Å². The van der Waals surface area contributed by atoms with Crippen LogP contribution in [0.25, 0.3) is 0 Å². The molecule has 0 amide bonds. The molecule has 1 nitrogen and oxygen atoms in total. The molecule has 1 fully saturated rings. The Hall–Kier alpha value is -1.03. The van der Waals surface area contributed by atoms with Gasteiger partial charge >= 0.3 is 6.18 Å². The number of halogens is 3. The van der Waals surface area contributed by atoms with Crippen LogP contribution in [0.5, 0.6) is 0 Å². The van der Waals surface area contributed by atoms with E-state index in [4.69, 9.17) is 6.11 Å². The standard InChI is InChI=1S/C10H9F3O/c11-10(12,13)9-4-2-1-3-8(9)7-5-14-6-7/h1-4,7H,5-6H2/i7D. The summed E-state index contributed by atoms with van der Waals surface area (Å²) in [5.74, 6) is -1.23. The Morgan fingerprint density at radius 2 is 1.93 bits per heavy atom. The van der Waals surface area contributed by atoms with E-state index >= 15 is 0 Å². The Labute approximate surface area is 80.9 Å². The van der Waals surface area contributed by atoms with Crippen molar-refractivity contribution < 1.29 is 19.3 Å². The number of rotatable bonds is 1. The topological polar surface area (TPSA) is 9.23 Å². The first kappa shape index (κ1) is 8.29. The fraction of sp³-hybridized carbons (Fsp3) is 0.400. The lowest BCUT2D eigenvalue weighted by atomic mass is 9.92. The lowest BCUT2D eigenvalue weighted by Crippen LogP contribution is -2.27. The summed E-state index contributed by atoms with van der Waals surface area (Å²) in [7, 11) is 0. The van der Waals surface area contributed by atoms with Crippen LogP contribution < -0.4 is 0 Å². The van der Waals surface area contributed by atoms with Crippen molar-refractivity contribution in [1.29, 1.82) is 0 Å². The molecule has 1 aromatic carbocycles. The highest BCUT2D eigenvalue weighted by Gasteiger charge is 2.36. The molecule has 0 N–H and O–H groups in total. The number of hydrogen-bond acceptors (Lipinski definition) is 1. The summed E-state index contributed by atoms with van der Waals surface area (Å²) in [6.45, 7) is 0.0557. The zero-order valence-electron chi connectivity index (χ0n) is 8.27. The first-order valence-electron chi connectivity index (χ1n) is 4.68. The van der Waals surface area contributed by atoms with Gasteiger partial charge in [-0.25, -0.2) is 0 Å². The first-order chi connectivity index (χ1) is 6.93. The number of hydrogen-bond donors (Lipinski definition) is 0. The van der Waals surface area contributed by atoms with Crippen molar-refractivity contribution in [2.75, 3.05) is 13.2 Å². The van der Waals surface area contributed by atoms with Gasteiger partial charge in [0.2, 0.25) is 0 Å². The van der Waals surface area contributed by atoms with E-state index in [9.17, 15) is 13.2 Å². The van der Waals surface area contributed by atoms with E-state index in [1.165, 1.54) is 18.2 Å². The maximum absolute atomic E-state index is 12.6. The number of ether oxygens (including phenoxy) is 1. The Bertz CT molecular complexity index is 371. The van der Waals surface area contributed by atoms with Crippen LogP contribution in [-0.4, -0.2) is 13.2 Å². The normalized spacial score (nSPS) is 21.2.